The van der Waals surface area contributed by atoms with Gasteiger partial charge in [0, 0.05) is 24.0 Å². The summed E-state index contributed by atoms with van der Waals surface area (Å²) in [7, 11) is 0. The highest BCUT2D eigenvalue weighted by Crippen LogP contribution is 2.32. The molecule has 0 radical (unpaired) electrons. The monoisotopic (exact) mass is 322 g/mol. The topological polar surface area (TPSA) is 50.4 Å². The number of alkyl carbamates (subject to hydrolysis) is 1. The minimum atomic E-state index is -0.450. The molecular formula is C17H26N2O2S. The first-order valence-corrected chi connectivity index (χ1v) is 8.75. The van der Waals surface area contributed by atoms with Crippen molar-refractivity contribution in [1.82, 2.24) is 10.6 Å². The van der Waals surface area contributed by atoms with E-state index in [1.807, 2.05) is 38.2 Å². The average Bonchev–Trinajstić information content (AvgIpc) is 2.89. The zero-order chi connectivity index (χ0) is 16.0. The molecule has 0 spiro atoms. The maximum Gasteiger partial charge on any atom is 0.407 e. The van der Waals surface area contributed by atoms with Crippen LogP contribution >= 0.6 is 11.3 Å². The highest BCUT2D eigenvalue weighted by Gasteiger charge is 2.19. The number of amides is 1. The van der Waals surface area contributed by atoms with Crippen molar-refractivity contribution >= 4 is 17.4 Å². The maximum atomic E-state index is 11.5. The zero-order valence-corrected chi connectivity index (χ0v) is 14.5. The summed E-state index contributed by atoms with van der Waals surface area (Å²) >= 11 is 1.86. The molecule has 0 saturated carbocycles. The Bertz CT molecular complexity index is 517. The Morgan fingerprint density at radius 3 is 2.95 bits per heavy atom. The quantitative estimate of drug-likeness (QED) is 0.811. The van der Waals surface area contributed by atoms with Gasteiger partial charge < -0.3 is 15.4 Å². The van der Waals surface area contributed by atoms with Gasteiger partial charge in [0.05, 0.1) is 0 Å². The van der Waals surface area contributed by atoms with E-state index in [0.717, 1.165) is 6.54 Å². The Labute approximate surface area is 136 Å². The van der Waals surface area contributed by atoms with Crippen LogP contribution in [0.3, 0.4) is 0 Å². The van der Waals surface area contributed by atoms with Gasteiger partial charge in [0.2, 0.25) is 0 Å². The molecule has 1 amide bonds. The van der Waals surface area contributed by atoms with E-state index >= 15 is 0 Å². The third kappa shape index (κ3) is 5.46. The summed E-state index contributed by atoms with van der Waals surface area (Å²) in [5, 5.41) is 8.47. The van der Waals surface area contributed by atoms with E-state index in [-0.39, 0.29) is 6.09 Å². The Morgan fingerprint density at radius 2 is 2.18 bits per heavy atom. The van der Waals surface area contributed by atoms with Crippen molar-refractivity contribution in [1.29, 1.82) is 0 Å². The molecule has 1 heterocycles. The smallest absolute Gasteiger partial charge is 0.407 e. The normalized spacial score (nSPS) is 18.2. The number of thiophene rings is 1. The first-order chi connectivity index (χ1) is 10.5. The van der Waals surface area contributed by atoms with Crippen LogP contribution in [-0.2, 0) is 11.2 Å². The lowest BCUT2D eigenvalue weighted by Crippen LogP contribution is -2.32. The molecule has 4 nitrogen and oxygen atoms in total. The number of hydrogen-bond donors (Lipinski definition) is 2. The molecule has 2 rings (SSSR count). The molecule has 1 atom stereocenters. The second-order valence-electron chi connectivity index (χ2n) is 6.51. The van der Waals surface area contributed by atoms with E-state index in [0.29, 0.717) is 12.6 Å². The molecule has 1 aromatic heterocycles. The van der Waals surface area contributed by atoms with Crippen LogP contribution in [0.25, 0.3) is 0 Å². The summed E-state index contributed by atoms with van der Waals surface area (Å²) in [6, 6.07) is 2.71. The molecule has 122 valence electrons. The minimum absolute atomic E-state index is 0.375. The maximum absolute atomic E-state index is 11.5. The molecular weight excluding hydrogens is 296 g/mol. The fraction of sp³-hybridized carbons (Fsp3) is 0.588. The lowest BCUT2D eigenvalue weighted by atomic mass is 9.94. The average molecular weight is 322 g/mol. The number of nitrogens with one attached hydrogen (secondary N) is 2. The predicted octanol–water partition coefficient (Wildman–Crippen LogP) is 3.80. The largest absolute Gasteiger partial charge is 0.444 e. The second-order valence-corrected chi connectivity index (χ2v) is 7.51. The van der Waals surface area contributed by atoms with Gasteiger partial charge in [-0.3, -0.25) is 0 Å². The molecule has 1 unspecified atom stereocenters. The van der Waals surface area contributed by atoms with Crippen molar-refractivity contribution in [3.05, 3.63) is 34.0 Å². The highest BCUT2D eigenvalue weighted by atomic mass is 32.1. The molecule has 0 bridgehead atoms. The Morgan fingerprint density at radius 1 is 1.41 bits per heavy atom. The van der Waals surface area contributed by atoms with Gasteiger partial charge >= 0.3 is 6.09 Å². The van der Waals surface area contributed by atoms with Gasteiger partial charge in [0.1, 0.15) is 5.60 Å². The fourth-order valence-electron chi connectivity index (χ4n) is 2.53. The third-order valence-corrected chi connectivity index (χ3v) is 4.46. The summed E-state index contributed by atoms with van der Waals surface area (Å²) in [5.74, 6) is 0. The van der Waals surface area contributed by atoms with E-state index in [2.05, 4.69) is 28.2 Å². The summed E-state index contributed by atoms with van der Waals surface area (Å²) in [6.45, 7) is 6.88. The van der Waals surface area contributed by atoms with Gasteiger partial charge in [0.15, 0.2) is 0 Å². The molecule has 0 aliphatic heterocycles. The first kappa shape index (κ1) is 17.0. The lowest BCUT2D eigenvalue weighted by molar-refractivity contribution is 0.0534. The number of aryl methyl sites for hydroxylation is 1. The van der Waals surface area contributed by atoms with Crippen molar-refractivity contribution in [3.8, 4) is 0 Å². The van der Waals surface area contributed by atoms with Crippen LogP contribution in [0.15, 0.2) is 23.6 Å². The van der Waals surface area contributed by atoms with Crippen LogP contribution in [0.1, 0.15) is 50.1 Å². The van der Waals surface area contributed by atoms with Crippen LogP contribution in [0.2, 0.25) is 0 Å². The van der Waals surface area contributed by atoms with Crippen LogP contribution in [0, 0.1) is 0 Å². The number of rotatable bonds is 5. The van der Waals surface area contributed by atoms with E-state index in [9.17, 15) is 4.79 Å². The standard InChI is InChI=1S/C17H26N2O2S/c1-17(2,3)21-16(20)19-11-5-4-10-18-14-7-6-8-15-13(14)9-12-22-15/h4-5,9,12,14,18H,6-8,10-11H2,1-3H3,(H,19,20)/b5-4+. The molecule has 22 heavy (non-hydrogen) atoms. The van der Waals surface area contributed by atoms with Crippen molar-refractivity contribution in [2.24, 2.45) is 0 Å². The zero-order valence-electron chi connectivity index (χ0n) is 13.6. The van der Waals surface area contributed by atoms with E-state index in [4.69, 9.17) is 4.74 Å². The number of carbonyl (C=O) groups is 1. The molecule has 0 saturated heterocycles. The fourth-order valence-corrected chi connectivity index (χ4v) is 3.52. The summed E-state index contributed by atoms with van der Waals surface area (Å²) in [6.07, 6.45) is 7.32. The van der Waals surface area contributed by atoms with Crippen LogP contribution < -0.4 is 10.6 Å². The molecule has 0 fully saturated rings. The Balaban J connectivity index is 1.64. The summed E-state index contributed by atoms with van der Waals surface area (Å²) in [5.41, 5.74) is 1.02. The van der Waals surface area contributed by atoms with Crippen LogP contribution in [0.5, 0.6) is 0 Å². The van der Waals surface area contributed by atoms with Crippen molar-refractivity contribution in [2.75, 3.05) is 13.1 Å². The van der Waals surface area contributed by atoms with Gasteiger partial charge in [-0.15, -0.1) is 11.3 Å². The van der Waals surface area contributed by atoms with Crippen molar-refractivity contribution in [3.63, 3.8) is 0 Å². The van der Waals surface area contributed by atoms with Crippen LogP contribution in [0.4, 0.5) is 4.79 Å². The van der Waals surface area contributed by atoms with Gasteiger partial charge in [-0.2, -0.15) is 0 Å². The van der Waals surface area contributed by atoms with E-state index in [1.165, 1.54) is 29.7 Å². The van der Waals surface area contributed by atoms with E-state index < -0.39 is 5.60 Å². The molecule has 0 aromatic carbocycles. The van der Waals surface area contributed by atoms with Crippen molar-refractivity contribution in [2.45, 2.75) is 51.7 Å². The molecule has 1 aliphatic carbocycles. The van der Waals surface area contributed by atoms with Crippen LogP contribution in [-0.4, -0.2) is 24.8 Å². The van der Waals surface area contributed by atoms with Gasteiger partial charge in [-0.05, 0) is 57.0 Å². The Kier molecular flexibility index (Phi) is 6.03. The van der Waals surface area contributed by atoms with Gasteiger partial charge in [0.25, 0.3) is 0 Å². The highest BCUT2D eigenvalue weighted by molar-refractivity contribution is 7.10. The molecule has 1 aliphatic rings. The SMILES string of the molecule is CC(C)(C)OC(=O)NC/C=C/CNC1CCCc2sccc21. The number of hydrogen-bond acceptors (Lipinski definition) is 4. The van der Waals surface area contributed by atoms with E-state index in [1.54, 1.807) is 0 Å². The summed E-state index contributed by atoms with van der Waals surface area (Å²) < 4.78 is 5.17. The molecule has 2 N–H and O–H groups in total. The minimum Gasteiger partial charge on any atom is -0.444 e. The molecule has 5 heteroatoms. The first-order valence-electron chi connectivity index (χ1n) is 7.87. The van der Waals surface area contributed by atoms with Crippen molar-refractivity contribution < 1.29 is 9.53 Å². The van der Waals surface area contributed by atoms with Gasteiger partial charge in [-0.25, -0.2) is 4.79 Å². The number of fused-ring (bicyclic) bond motifs is 1. The third-order valence-electron chi connectivity index (χ3n) is 3.46. The molecule has 1 aromatic rings. The lowest BCUT2D eigenvalue weighted by Gasteiger charge is -2.23. The second kappa shape index (κ2) is 7.79. The summed E-state index contributed by atoms with van der Waals surface area (Å²) in [4.78, 5) is 13.0. The Hall–Kier alpha value is -1.33. The predicted molar refractivity (Wildman–Crippen MR) is 91.4 cm³/mol. The number of carbonyl (C=O) groups excluding carboxylic acids is 1. The number of ether oxygens (including phenoxy) is 1. The van der Waals surface area contributed by atoms with Gasteiger partial charge in [-0.1, -0.05) is 12.2 Å².